The lowest BCUT2D eigenvalue weighted by Gasteiger charge is -2.07. The van der Waals surface area contributed by atoms with E-state index in [4.69, 9.17) is 17.3 Å². The van der Waals surface area contributed by atoms with Gasteiger partial charge in [0.2, 0.25) is 5.95 Å². The number of hydrogen-bond acceptors (Lipinski definition) is 6. The van der Waals surface area contributed by atoms with Crippen molar-refractivity contribution >= 4 is 35.0 Å². The summed E-state index contributed by atoms with van der Waals surface area (Å²) in [7, 11) is 0. The summed E-state index contributed by atoms with van der Waals surface area (Å²) in [6, 6.07) is 4.86. The topological polar surface area (TPSA) is 99.9 Å². The number of rotatable bonds is 5. The molecule has 2 aromatic rings. The van der Waals surface area contributed by atoms with Gasteiger partial charge in [-0.2, -0.15) is 0 Å². The average Bonchev–Trinajstić information content (AvgIpc) is 3.21. The van der Waals surface area contributed by atoms with Crippen LogP contribution in [0.5, 0.6) is 0 Å². The summed E-state index contributed by atoms with van der Waals surface area (Å²) in [5.41, 5.74) is 6.61. The molecular formula is C12H12ClN5O2S. The molecule has 0 amide bonds. The van der Waals surface area contributed by atoms with E-state index in [1.54, 1.807) is 6.07 Å². The summed E-state index contributed by atoms with van der Waals surface area (Å²) in [6.45, 7) is 0. The van der Waals surface area contributed by atoms with E-state index < -0.39 is 4.92 Å². The molecular weight excluding hydrogens is 314 g/mol. The molecule has 7 nitrogen and oxygen atoms in total. The maximum absolute atomic E-state index is 10.7. The second-order valence-electron chi connectivity index (χ2n) is 4.76. The van der Waals surface area contributed by atoms with E-state index in [0.29, 0.717) is 22.8 Å². The zero-order valence-electron chi connectivity index (χ0n) is 10.9. The first-order valence-corrected chi connectivity index (χ1v) is 7.68. The van der Waals surface area contributed by atoms with Crippen molar-refractivity contribution in [2.75, 3.05) is 5.73 Å². The minimum Gasteiger partial charge on any atom is -0.368 e. The van der Waals surface area contributed by atoms with Crippen molar-refractivity contribution in [1.29, 1.82) is 0 Å². The lowest BCUT2D eigenvalue weighted by molar-refractivity contribution is -0.384. The first-order chi connectivity index (χ1) is 10.1. The van der Waals surface area contributed by atoms with Gasteiger partial charge in [-0.3, -0.25) is 14.7 Å². The van der Waals surface area contributed by atoms with Gasteiger partial charge in [-0.1, -0.05) is 23.4 Å². The fourth-order valence-electron chi connectivity index (χ4n) is 1.97. The number of nitrogens with two attached hydrogens (primary N) is 1. The molecule has 0 spiro atoms. The SMILES string of the molecule is Nc1nnc(SCc2ccc([N+](=O)[O-])cc2Cl)n1C1CC1. The van der Waals surface area contributed by atoms with E-state index in [0.717, 1.165) is 23.6 Å². The molecule has 0 aliphatic heterocycles. The Morgan fingerprint density at radius 3 is 2.86 bits per heavy atom. The Balaban J connectivity index is 1.75. The third-order valence-electron chi connectivity index (χ3n) is 3.21. The van der Waals surface area contributed by atoms with Crippen LogP contribution in [0.3, 0.4) is 0 Å². The Hall–Kier alpha value is -1.80. The second kappa shape index (κ2) is 5.53. The van der Waals surface area contributed by atoms with E-state index in [2.05, 4.69) is 10.2 Å². The van der Waals surface area contributed by atoms with Crippen molar-refractivity contribution in [2.45, 2.75) is 29.8 Å². The number of anilines is 1. The van der Waals surface area contributed by atoms with Gasteiger partial charge >= 0.3 is 0 Å². The molecule has 1 aliphatic rings. The van der Waals surface area contributed by atoms with Gasteiger partial charge in [0.05, 0.1) is 9.95 Å². The maximum Gasteiger partial charge on any atom is 0.270 e. The van der Waals surface area contributed by atoms with Gasteiger partial charge in [-0.15, -0.1) is 10.2 Å². The number of hydrogen-bond donors (Lipinski definition) is 1. The molecule has 2 N–H and O–H groups in total. The standard InChI is InChI=1S/C12H12ClN5O2S/c13-10-5-9(18(19)20)2-1-7(10)6-21-12-16-15-11(14)17(12)8-3-4-8/h1-2,5,8H,3-4,6H2,(H2,14,15). The van der Waals surface area contributed by atoms with Gasteiger partial charge in [-0.05, 0) is 24.5 Å². The largest absolute Gasteiger partial charge is 0.368 e. The fraction of sp³-hybridized carbons (Fsp3) is 0.333. The highest BCUT2D eigenvalue weighted by Gasteiger charge is 2.28. The molecule has 1 fully saturated rings. The molecule has 1 heterocycles. The van der Waals surface area contributed by atoms with Crippen LogP contribution in [-0.4, -0.2) is 19.7 Å². The fourth-order valence-corrected chi connectivity index (χ4v) is 3.31. The van der Waals surface area contributed by atoms with Crippen molar-refractivity contribution in [2.24, 2.45) is 0 Å². The molecule has 9 heteroatoms. The lowest BCUT2D eigenvalue weighted by atomic mass is 10.2. The molecule has 0 saturated heterocycles. The molecule has 0 radical (unpaired) electrons. The third kappa shape index (κ3) is 2.96. The number of halogens is 1. The lowest BCUT2D eigenvalue weighted by Crippen LogP contribution is -2.02. The van der Waals surface area contributed by atoms with E-state index >= 15 is 0 Å². The Bertz CT molecular complexity index is 701. The van der Waals surface area contributed by atoms with Crippen LogP contribution in [0.2, 0.25) is 5.02 Å². The van der Waals surface area contributed by atoms with Gasteiger partial charge in [0.15, 0.2) is 5.16 Å². The van der Waals surface area contributed by atoms with E-state index in [-0.39, 0.29) is 5.69 Å². The summed E-state index contributed by atoms with van der Waals surface area (Å²) < 4.78 is 1.93. The van der Waals surface area contributed by atoms with Gasteiger partial charge < -0.3 is 5.73 Å². The van der Waals surface area contributed by atoms with Gasteiger partial charge in [0, 0.05) is 23.9 Å². The van der Waals surface area contributed by atoms with Crippen molar-refractivity contribution in [3.8, 4) is 0 Å². The summed E-state index contributed by atoms with van der Waals surface area (Å²) in [6.07, 6.45) is 2.18. The Kier molecular flexibility index (Phi) is 3.73. The van der Waals surface area contributed by atoms with E-state index in [1.165, 1.54) is 23.9 Å². The predicted octanol–water partition coefficient (Wildman–Crippen LogP) is 3.05. The Morgan fingerprint density at radius 2 is 2.24 bits per heavy atom. The zero-order valence-corrected chi connectivity index (χ0v) is 12.5. The van der Waals surface area contributed by atoms with Crippen LogP contribution in [0.1, 0.15) is 24.4 Å². The second-order valence-corrected chi connectivity index (χ2v) is 6.11. The monoisotopic (exact) mass is 325 g/mol. The number of nitro groups is 1. The smallest absolute Gasteiger partial charge is 0.270 e. The first kappa shape index (κ1) is 14.2. The quantitative estimate of drug-likeness (QED) is 0.515. The Morgan fingerprint density at radius 1 is 1.48 bits per heavy atom. The molecule has 3 rings (SSSR count). The summed E-state index contributed by atoms with van der Waals surface area (Å²) >= 11 is 7.55. The number of nitrogens with zero attached hydrogens (tertiary/aromatic N) is 4. The van der Waals surface area contributed by atoms with Crippen molar-refractivity contribution < 1.29 is 4.92 Å². The summed E-state index contributed by atoms with van der Waals surface area (Å²) in [5, 5.41) is 19.8. The van der Waals surface area contributed by atoms with Crippen LogP contribution in [0, 0.1) is 10.1 Å². The van der Waals surface area contributed by atoms with Crippen LogP contribution in [0.15, 0.2) is 23.4 Å². The molecule has 110 valence electrons. The van der Waals surface area contributed by atoms with Gasteiger partial charge in [-0.25, -0.2) is 0 Å². The van der Waals surface area contributed by atoms with Crippen molar-refractivity contribution in [1.82, 2.24) is 14.8 Å². The maximum atomic E-state index is 10.7. The normalized spacial score (nSPS) is 14.3. The summed E-state index contributed by atoms with van der Waals surface area (Å²) in [5.74, 6) is 0.983. The Labute approximate surface area is 129 Å². The number of nitro benzene ring substituents is 1. The zero-order chi connectivity index (χ0) is 15.0. The number of thioether (sulfide) groups is 1. The number of nitrogen functional groups attached to an aromatic ring is 1. The van der Waals surface area contributed by atoms with Crippen molar-refractivity contribution in [3.05, 3.63) is 38.9 Å². The third-order valence-corrected chi connectivity index (χ3v) is 4.55. The minimum absolute atomic E-state index is 0.0147. The van der Waals surface area contributed by atoms with E-state index in [1.807, 2.05) is 4.57 Å². The predicted molar refractivity (Wildman–Crippen MR) is 80.4 cm³/mol. The molecule has 0 unspecified atom stereocenters. The molecule has 1 aliphatic carbocycles. The molecule has 0 bridgehead atoms. The molecule has 1 aromatic carbocycles. The molecule has 1 aromatic heterocycles. The van der Waals surface area contributed by atoms with Crippen LogP contribution < -0.4 is 5.73 Å². The van der Waals surface area contributed by atoms with Crippen LogP contribution in [0.25, 0.3) is 0 Å². The molecule has 21 heavy (non-hydrogen) atoms. The molecule has 0 atom stereocenters. The summed E-state index contributed by atoms with van der Waals surface area (Å²) in [4.78, 5) is 10.2. The highest BCUT2D eigenvalue weighted by atomic mass is 35.5. The van der Waals surface area contributed by atoms with Crippen LogP contribution >= 0.6 is 23.4 Å². The van der Waals surface area contributed by atoms with E-state index in [9.17, 15) is 10.1 Å². The van der Waals surface area contributed by atoms with Crippen LogP contribution in [0.4, 0.5) is 11.6 Å². The van der Waals surface area contributed by atoms with Crippen LogP contribution in [-0.2, 0) is 5.75 Å². The van der Waals surface area contributed by atoms with Gasteiger partial charge in [0.25, 0.3) is 5.69 Å². The average molecular weight is 326 g/mol. The highest BCUT2D eigenvalue weighted by molar-refractivity contribution is 7.98. The number of benzene rings is 1. The first-order valence-electron chi connectivity index (χ1n) is 6.32. The number of non-ortho nitro benzene ring substituents is 1. The van der Waals surface area contributed by atoms with Crippen molar-refractivity contribution in [3.63, 3.8) is 0 Å². The number of aromatic nitrogens is 3. The minimum atomic E-state index is -0.465. The highest BCUT2D eigenvalue weighted by Crippen LogP contribution is 2.40. The van der Waals surface area contributed by atoms with Gasteiger partial charge in [0.1, 0.15) is 0 Å². The molecule has 1 saturated carbocycles.